The van der Waals surface area contributed by atoms with Crippen LogP contribution < -0.4 is 9.80 Å². The molecular weight excluding hydrogens is 424 g/mol. The van der Waals surface area contributed by atoms with Gasteiger partial charge in [0.15, 0.2) is 0 Å². The summed E-state index contributed by atoms with van der Waals surface area (Å²) >= 11 is 0. The smallest absolute Gasteiger partial charge is 0.246 e. The predicted molar refractivity (Wildman–Crippen MR) is 135 cm³/mol. The first-order chi connectivity index (χ1) is 16.5. The summed E-state index contributed by atoms with van der Waals surface area (Å²) in [5.74, 6) is 0.792. The molecule has 2 amide bonds. The van der Waals surface area contributed by atoms with E-state index in [2.05, 4.69) is 0 Å². The van der Waals surface area contributed by atoms with Crippen LogP contribution in [0.1, 0.15) is 30.7 Å². The molecular formula is C28H28N4O2. The van der Waals surface area contributed by atoms with Gasteiger partial charge in [0.25, 0.3) is 0 Å². The second-order valence-electron chi connectivity index (χ2n) is 8.76. The number of para-hydroxylation sites is 3. The molecule has 3 aromatic carbocycles. The van der Waals surface area contributed by atoms with E-state index in [-0.39, 0.29) is 24.3 Å². The van der Waals surface area contributed by atoms with E-state index in [9.17, 15) is 9.59 Å². The molecule has 0 spiro atoms. The third-order valence-electron chi connectivity index (χ3n) is 6.47. The summed E-state index contributed by atoms with van der Waals surface area (Å²) in [6.07, 6.45) is 0.377. The lowest BCUT2D eigenvalue weighted by atomic mass is 10.1. The first-order valence-corrected chi connectivity index (χ1v) is 11.7. The Kier molecular flexibility index (Phi) is 5.88. The van der Waals surface area contributed by atoms with Crippen molar-refractivity contribution in [2.45, 2.75) is 32.7 Å². The molecule has 1 aromatic heterocycles. The Hall–Kier alpha value is -3.93. The van der Waals surface area contributed by atoms with Crippen molar-refractivity contribution in [1.29, 1.82) is 0 Å². The summed E-state index contributed by atoms with van der Waals surface area (Å²) in [5.41, 5.74) is 4.66. The van der Waals surface area contributed by atoms with Gasteiger partial charge in [-0.15, -0.1) is 0 Å². The number of carbonyl (C=O) groups excluding carboxylic acids is 2. The SMILES string of the molecule is CCN(C(=O)Cn1c([C@@H]2CC(=O)N(c3cccc(C)c3)C2)nc2ccccc21)c1ccccc1. The molecule has 0 bridgehead atoms. The minimum absolute atomic E-state index is 0.00188. The number of carbonyl (C=O) groups is 2. The van der Waals surface area contributed by atoms with E-state index in [0.29, 0.717) is 19.5 Å². The number of rotatable bonds is 6. The van der Waals surface area contributed by atoms with E-state index in [1.54, 1.807) is 4.90 Å². The number of hydrogen-bond donors (Lipinski definition) is 0. The van der Waals surface area contributed by atoms with Crippen molar-refractivity contribution in [1.82, 2.24) is 9.55 Å². The van der Waals surface area contributed by atoms with E-state index in [1.165, 1.54) is 0 Å². The largest absolute Gasteiger partial charge is 0.318 e. The van der Waals surface area contributed by atoms with Crippen LogP contribution in [0.2, 0.25) is 0 Å². The highest BCUT2D eigenvalue weighted by molar-refractivity contribution is 5.97. The number of hydrogen-bond acceptors (Lipinski definition) is 3. The number of aryl methyl sites for hydroxylation is 1. The van der Waals surface area contributed by atoms with Crippen LogP contribution in [0.5, 0.6) is 0 Å². The number of benzene rings is 3. The lowest BCUT2D eigenvalue weighted by molar-refractivity contribution is -0.119. The van der Waals surface area contributed by atoms with Crippen LogP contribution in [0.3, 0.4) is 0 Å². The fourth-order valence-corrected chi connectivity index (χ4v) is 4.83. The zero-order valence-corrected chi connectivity index (χ0v) is 19.5. The summed E-state index contributed by atoms with van der Waals surface area (Å²) < 4.78 is 2.00. The molecule has 0 radical (unpaired) electrons. The maximum atomic E-state index is 13.4. The van der Waals surface area contributed by atoms with E-state index in [1.807, 2.05) is 102 Å². The summed E-state index contributed by atoms with van der Waals surface area (Å²) in [7, 11) is 0. The molecule has 1 aliphatic heterocycles. The molecule has 172 valence electrons. The van der Waals surface area contributed by atoms with Crippen molar-refractivity contribution < 1.29 is 9.59 Å². The molecule has 1 saturated heterocycles. The molecule has 2 heterocycles. The van der Waals surface area contributed by atoms with Gasteiger partial charge in [-0.25, -0.2) is 4.98 Å². The van der Waals surface area contributed by atoms with Crippen molar-refractivity contribution >= 4 is 34.2 Å². The lowest BCUT2D eigenvalue weighted by Gasteiger charge is -2.23. The first-order valence-electron chi connectivity index (χ1n) is 11.7. The van der Waals surface area contributed by atoms with E-state index in [4.69, 9.17) is 4.98 Å². The maximum absolute atomic E-state index is 13.4. The Morgan fingerprint density at radius 3 is 2.56 bits per heavy atom. The molecule has 0 unspecified atom stereocenters. The zero-order valence-electron chi connectivity index (χ0n) is 19.5. The van der Waals surface area contributed by atoms with Crippen LogP contribution in [-0.4, -0.2) is 34.5 Å². The summed E-state index contributed by atoms with van der Waals surface area (Å²) in [5, 5.41) is 0. The topological polar surface area (TPSA) is 58.4 Å². The van der Waals surface area contributed by atoms with Gasteiger partial charge in [0.2, 0.25) is 11.8 Å². The quantitative estimate of drug-likeness (QED) is 0.417. The van der Waals surface area contributed by atoms with E-state index >= 15 is 0 Å². The second-order valence-corrected chi connectivity index (χ2v) is 8.76. The fraction of sp³-hybridized carbons (Fsp3) is 0.250. The summed E-state index contributed by atoms with van der Waals surface area (Å²) in [4.78, 5) is 34.9. The molecule has 5 rings (SSSR count). The molecule has 4 aromatic rings. The normalized spacial score (nSPS) is 15.8. The van der Waals surface area contributed by atoms with Gasteiger partial charge in [-0.3, -0.25) is 9.59 Å². The molecule has 1 aliphatic rings. The highest BCUT2D eigenvalue weighted by Crippen LogP contribution is 2.33. The van der Waals surface area contributed by atoms with E-state index in [0.717, 1.165) is 33.8 Å². The van der Waals surface area contributed by atoms with E-state index < -0.39 is 0 Å². The van der Waals surface area contributed by atoms with Crippen molar-refractivity contribution in [2.75, 3.05) is 22.9 Å². The molecule has 34 heavy (non-hydrogen) atoms. The number of anilines is 2. The van der Waals surface area contributed by atoms with Crippen LogP contribution in [0.15, 0.2) is 78.9 Å². The van der Waals surface area contributed by atoms with Crippen molar-refractivity contribution in [2.24, 2.45) is 0 Å². The van der Waals surface area contributed by atoms with Gasteiger partial charge in [-0.1, -0.05) is 42.5 Å². The molecule has 1 fully saturated rings. The third-order valence-corrected chi connectivity index (χ3v) is 6.47. The Morgan fingerprint density at radius 1 is 1.03 bits per heavy atom. The number of likely N-dealkylation sites (N-methyl/N-ethyl adjacent to an activating group) is 1. The lowest BCUT2D eigenvalue weighted by Crippen LogP contribution is -2.34. The Labute approximate surface area is 199 Å². The third kappa shape index (κ3) is 4.07. The van der Waals surface area contributed by atoms with Crippen LogP contribution in [-0.2, 0) is 16.1 Å². The van der Waals surface area contributed by atoms with Gasteiger partial charge in [-0.05, 0) is 55.8 Å². The summed E-state index contributed by atoms with van der Waals surface area (Å²) in [6.45, 7) is 5.31. The van der Waals surface area contributed by atoms with Crippen LogP contribution in [0.4, 0.5) is 11.4 Å². The van der Waals surface area contributed by atoms with Gasteiger partial charge in [0.05, 0.1) is 11.0 Å². The predicted octanol–water partition coefficient (Wildman–Crippen LogP) is 4.92. The standard InChI is InChI=1S/C28H28N4O2/c1-3-30(22-11-5-4-6-12-22)27(34)19-32-25-15-8-7-14-24(25)29-28(32)21-17-26(33)31(18-21)23-13-9-10-20(2)16-23/h4-16,21H,3,17-19H2,1-2H3/t21-/m1/s1. The molecule has 6 heteroatoms. The van der Waals surface area contributed by atoms with Gasteiger partial charge in [0.1, 0.15) is 12.4 Å². The number of amides is 2. The maximum Gasteiger partial charge on any atom is 0.246 e. The van der Waals surface area contributed by atoms with Crippen molar-refractivity contribution in [3.05, 3.63) is 90.3 Å². The molecule has 0 aliphatic carbocycles. The number of imidazole rings is 1. The Morgan fingerprint density at radius 2 is 1.79 bits per heavy atom. The molecule has 1 atom stereocenters. The number of fused-ring (bicyclic) bond motifs is 1. The molecule has 6 nitrogen and oxygen atoms in total. The average molecular weight is 453 g/mol. The van der Waals surface area contributed by atoms with Crippen LogP contribution in [0.25, 0.3) is 11.0 Å². The minimum atomic E-state index is -0.0833. The van der Waals surface area contributed by atoms with Crippen LogP contribution >= 0.6 is 0 Å². The van der Waals surface area contributed by atoms with Crippen molar-refractivity contribution in [3.8, 4) is 0 Å². The summed E-state index contributed by atoms with van der Waals surface area (Å²) in [6, 6.07) is 25.6. The van der Waals surface area contributed by atoms with Gasteiger partial charge < -0.3 is 14.4 Å². The monoisotopic (exact) mass is 452 g/mol. The minimum Gasteiger partial charge on any atom is -0.318 e. The second kappa shape index (κ2) is 9.14. The zero-order chi connectivity index (χ0) is 23.7. The average Bonchev–Trinajstić information content (AvgIpc) is 3.41. The molecule has 0 saturated carbocycles. The molecule has 0 N–H and O–H groups in total. The number of nitrogens with zero attached hydrogens (tertiary/aromatic N) is 4. The Bertz CT molecular complexity index is 1350. The van der Waals surface area contributed by atoms with Crippen molar-refractivity contribution in [3.63, 3.8) is 0 Å². The van der Waals surface area contributed by atoms with Gasteiger partial charge in [0, 0.05) is 36.8 Å². The van der Waals surface area contributed by atoms with Gasteiger partial charge >= 0.3 is 0 Å². The highest BCUT2D eigenvalue weighted by Gasteiger charge is 2.35. The van der Waals surface area contributed by atoms with Gasteiger partial charge in [-0.2, -0.15) is 0 Å². The fourth-order valence-electron chi connectivity index (χ4n) is 4.83. The first kappa shape index (κ1) is 21.9. The Balaban J connectivity index is 1.48. The van der Waals surface area contributed by atoms with Crippen LogP contribution in [0, 0.1) is 6.92 Å². The number of aromatic nitrogens is 2. The highest BCUT2D eigenvalue weighted by atomic mass is 16.2.